The fourth-order valence-corrected chi connectivity index (χ4v) is 3.12. The molecule has 0 atom stereocenters. The summed E-state index contributed by atoms with van der Waals surface area (Å²) in [6.07, 6.45) is 3.43. The molecule has 0 aliphatic heterocycles. The Morgan fingerprint density at radius 3 is 2.67 bits per heavy atom. The molecule has 0 unspecified atom stereocenters. The van der Waals surface area contributed by atoms with Gasteiger partial charge in [-0.15, -0.1) is 11.3 Å². The van der Waals surface area contributed by atoms with Crippen LogP contribution in [0.2, 0.25) is 0 Å². The average molecular weight is 298 g/mol. The first-order chi connectivity index (χ1) is 10.1. The maximum atomic E-state index is 4.70. The molecule has 5 heteroatoms. The van der Waals surface area contributed by atoms with Gasteiger partial charge in [0.2, 0.25) is 0 Å². The van der Waals surface area contributed by atoms with Crippen LogP contribution in [-0.4, -0.2) is 21.0 Å². The zero-order valence-corrected chi connectivity index (χ0v) is 13.2. The van der Waals surface area contributed by atoms with Crippen LogP contribution in [0.5, 0.6) is 0 Å². The van der Waals surface area contributed by atoms with Crippen molar-refractivity contribution in [3.05, 3.63) is 41.2 Å². The second-order valence-corrected chi connectivity index (χ2v) is 6.41. The number of benzene rings is 1. The highest BCUT2D eigenvalue weighted by Gasteiger charge is 2.10. The summed E-state index contributed by atoms with van der Waals surface area (Å²) in [5.74, 6) is 0. The molecule has 21 heavy (non-hydrogen) atoms. The van der Waals surface area contributed by atoms with Crippen LogP contribution in [-0.2, 0) is 6.54 Å². The van der Waals surface area contributed by atoms with Crippen molar-refractivity contribution in [2.24, 2.45) is 0 Å². The third kappa shape index (κ3) is 3.09. The van der Waals surface area contributed by atoms with Gasteiger partial charge in [0, 0.05) is 35.4 Å². The lowest BCUT2D eigenvalue weighted by molar-refractivity contribution is 0.591. The summed E-state index contributed by atoms with van der Waals surface area (Å²) in [6, 6.07) is 6.60. The van der Waals surface area contributed by atoms with Crippen LogP contribution in [0.3, 0.4) is 0 Å². The Labute approximate surface area is 128 Å². The Morgan fingerprint density at radius 2 is 1.90 bits per heavy atom. The van der Waals surface area contributed by atoms with Gasteiger partial charge < -0.3 is 5.32 Å². The Kier molecular flexibility index (Phi) is 3.94. The van der Waals surface area contributed by atoms with Gasteiger partial charge >= 0.3 is 0 Å². The summed E-state index contributed by atoms with van der Waals surface area (Å²) in [4.78, 5) is 14.6. The monoisotopic (exact) mass is 298 g/mol. The first kappa shape index (κ1) is 14.1. The number of hydrogen-bond acceptors (Lipinski definition) is 5. The summed E-state index contributed by atoms with van der Waals surface area (Å²) >= 11 is 1.74. The van der Waals surface area contributed by atoms with Crippen LogP contribution in [0.25, 0.3) is 21.6 Å². The Balaban J connectivity index is 1.93. The van der Waals surface area contributed by atoms with Crippen molar-refractivity contribution < 1.29 is 0 Å². The minimum atomic E-state index is 0.478. The standard InChI is InChI=1S/C16H18N4S/c1-10(2)19-9-15-11(3)20-16(21-15)12-4-5-13-14(8-12)18-7-6-17-13/h4-8,10,19H,9H2,1-3H3. The third-order valence-electron chi connectivity index (χ3n) is 3.28. The van der Waals surface area contributed by atoms with Gasteiger partial charge in [-0.05, 0) is 25.1 Å². The minimum Gasteiger partial charge on any atom is -0.310 e. The lowest BCUT2D eigenvalue weighted by Gasteiger charge is -2.05. The highest BCUT2D eigenvalue weighted by atomic mass is 32.1. The van der Waals surface area contributed by atoms with E-state index >= 15 is 0 Å². The fraction of sp³-hybridized carbons (Fsp3) is 0.312. The molecule has 1 N–H and O–H groups in total. The number of fused-ring (bicyclic) bond motifs is 1. The second-order valence-electron chi connectivity index (χ2n) is 5.32. The van der Waals surface area contributed by atoms with E-state index in [1.54, 1.807) is 23.7 Å². The van der Waals surface area contributed by atoms with Crippen LogP contribution in [0.15, 0.2) is 30.6 Å². The predicted molar refractivity (Wildman–Crippen MR) is 87.4 cm³/mol. The summed E-state index contributed by atoms with van der Waals surface area (Å²) in [5.41, 5.74) is 4.02. The highest BCUT2D eigenvalue weighted by molar-refractivity contribution is 7.15. The Bertz CT molecular complexity index is 764. The smallest absolute Gasteiger partial charge is 0.123 e. The van der Waals surface area contributed by atoms with Crippen molar-refractivity contribution in [3.8, 4) is 10.6 Å². The Hall–Kier alpha value is -1.85. The zero-order chi connectivity index (χ0) is 14.8. The average Bonchev–Trinajstić information content (AvgIpc) is 2.86. The van der Waals surface area contributed by atoms with E-state index in [0.29, 0.717) is 6.04 Å². The molecule has 0 saturated heterocycles. The van der Waals surface area contributed by atoms with E-state index in [2.05, 4.69) is 48.2 Å². The molecular formula is C16H18N4S. The first-order valence-corrected chi connectivity index (χ1v) is 7.86. The van der Waals surface area contributed by atoms with E-state index in [4.69, 9.17) is 4.98 Å². The molecule has 2 aromatic heterocycles. The third-order valence-corrected chi connectivity index (χ3v) is 4.49. The topological polar surface area (TPSA) is 50.7 Å². The van der Waals surface area contributed by atoms with Gasteiger partial charge in [0.25, 0.3) is 0 Å². The van der Waals surface area contributed by atoms with Crippen molar-refractivity contribution in [3.63, 3.8) is 0 Å². The van der Waals surface area contributed by atoms with Crippen LogP contribution in [0.1, 0.15) is 24.4 Å². The number of aromatic nitrogens is 3. The molecule has 2 heterocycles. The van der Waals surface area contributed by atoms with E-state index in [0.717, 1.165) is 33.8 Å². The SMILES string of the molecule is Cc1nc(-c2ccc3nccnc3c2)sc1CNC(C)C. The molecule has 0 saturated carbocycles. The van der Waals surface area contributed by atoms with Gasteiger partial charge in [-0.1, -0.05) is 13.8 Å². The van der Waals surface area contributed by atoms with Gasteiger partial charge in [0.15, 0.2) is 0 Å². The van der Waals surface area contributed by atoms with Crippen LogP contribution < -0.4 is 5.32 Å². The number of thiazole rings is 1. The maximum absolute atomic E-state index is 4.70. The molecular weight excluding hydrogens is 280 g/mol. The van der Waals surface area contributed by atoms with Crippen molar-refractivity contribution in [1.29, 1.82) is 0 Å². The van der Waals surface area contributed by atoms with Crippen molar-refractivity contribution in [2.45, 2.75) is 33.4 Å². The molecule has 4 nitrogen and oxygen atoms in total. The van der Waals surface area contributed by atoms with E-state index in [1.165, 1.54) is 4.88 Å². The number of hydrogen-bond donors (Lipinski definition) is 1. The van der Waals surface area contributed by atoms with Gasteiger partial charge in [0.1, 0.15) is 5.01 Å². The quantitative estimate of drug-likeness (QED) is 0.800. The lowest BCUT2D eigenvalue weighted by Crippen LogP contribution is -2.21. The molecule has 1 aromatic carbocycles. The van der Waals surface area contributed by atoms with E-state index in [9.17, 15) is 0 Å². The number of nitrogens with zero attached hydrogens (tertiary/aromatic N) is 3. The summed E-state index contributed by atoms with van der Waals surface area (Å²) in [6.45, 7) is 7.24. The first-order valence-electron chi connectivity index (χ1n) is 7.04. The minimum absolute atomic E-state index is 0.478. The van der Waals surface area contributed by atoms with E-state index < -0.39 is 0 Å². The molecule has 108 valence electrons. The van der Waals surface area contributed by atoms with Crippen LogP contribution in [0.4, 0.5) is 0 Å². The van der Waals surface area contributed by atoms with Crippen LogP contribution >= 0.6 is 11.3 Å². The van der Waals surface area contributed by atoms with E-state index in [1.807, 2.05) is 6.07 Å². The highest BCUT2D eigenvalue weighted by Crippen LogP contribution is 2.29. The molecule has 0 fully saturated rings. The number of aryl methyl sites for hydroxylation is 1. The van der Waals surface area contributed by atoms with E-state index in [-0.39, 0.29) is 0 Å². The largest absolute Gasteiger partial charge is 0.310 e. The van der Waals surface area contributed by atoms with Crippen LogP contribution in [0, 0.1) is 6.92 Å². The van der Waals surface area contributed by atoms with Gasteiger partial charge in [-0.25, -0.2) is 4.98 Å². The van der Waals surface area contributed by atoms with Crippen molar-refractivity contribution in [1.82, 2.24) is 20.3 Å². The molecule has 0 amide bonds. The number of rotatable bonds is 4. The molecule has 0 spiro atoms. The van der Waals surface area contributed by atoms with Gasteiger partial charge in [-0.3, -0.25) is 9.97 Å². The molecule has 0 bridgehead atoms. The molecule has 0 aliphatic rings. The molecule has 0 aliphatic carbocycles. The van der Waals surface area contributed by atoms with Gasteiger partial charge in [-0.2, -0.15) is 0 Å². The molecule has 3 rings (SSSR count). The fourth-order valence-electron chi connectivity index (χ4n) is 2.11. The second kappa shape index (κ2) is 5.87. The summed E-state index contributed by atoms with van der Waals surface area (Å²) in [5, 5.41) is 4.49. The molecule has 3 aromatic rings. The summed E-state index contributed by atoms with van der Waals surface area (Å²) < 4.78 is 0. The normalized spacial score (nSPS) is 11.4. The van der Waals surface area contributed by atoms with Gasteiger partial charge in [0.05, 0.1) is 16.7 Å². The lowest BCUT2D eigenvalue weighted by atomic mass is 10.2. The zero-order valence-electron chi connectivity index (χ0n) is 12.4. The Morgan fingerprint density at radius 1 is 1.14 bits per heavy atom. The van der Waals surface area contributed by atoms with Crippen molar-refractivity contribution >= 4 is 22.4 Å². The number of nitrogens with one attached hydrogen (secondary N) is 1. The predicted octanol–water partition coefficient (Wildman–Crippen LogP) is 3.56. The van der Waals surface area contributed by atoms with Crippen molar-refractivity contribution in [2.75, 3.05) is 0 Å². The summed E-state index contributed by atoms with van der Waals surface area (Å²) in [7, 11) is 0. The molecule has 0 radical (unpaired) electrons. The maximum Gasteiger partial charge on any atom is 0.123 e.